The molecule has 1 fully saturated rings. The summed E-state index contributed by atoms with van der Waals surface area (Å²) >= 11 is 0. The molecule has 3 rings (SSSR count). The van der Waals surface area contributed by atoms with Crippen molar-refractivity contribution in [2.24, 2.45) is 0 Å². The lowest BCUT2D eigenvalue weighted by molar-refractivity contribution is 0.0626. The Hall–Kier alpha value is -2.42. The molecule has 29 heavy (non-hydrogen) atoms. The van der Waals surface area contributed by atoms with Gasteiger partial charge >= 0.3 is 0 Å². The van der Waals surface area contributed by atoms with Gasteiger partial charge in [-0.2, -0.15) is 0 Å². The summed E-state index contributed by atoms with van der Waals surface area (Å²) < 4.78 is 16.1. The molecule has 158 valence electrons. The number of nitrogens with zero attached hydrogens (tertiary/aromatic N) is 3. The van der Waals surface area contributed by atoms with Gasteiger partial charge in [-0.1, -0.05) is 6.07 Å². The molecular weight excluding hydrogens is 372 g/mol. The number of aryl methyl sites for hydroxylation is 1. The van der Waals surface area contributed by atoms with Crippen molar-refractivity contribution in [3.63, 3.8) is 0 Å². The van der Waals surface area contributed by atoms with Crippen LogP contribution in [0.25, 0.3) is 0 Å². The Kier molecular flexibility index (Phi) is 7.24. The van der Waals surface area contributed by atoms with E-state index in [0.29, 0.717) is 50.8 Å². The van der Waals surface area contributed by atoms with Crippen molar-refractivity contribution >= 4 is 5.82 Å². The zero-order valence-corrected chi connectivity index (χ0v) is 17.4. The van der Waals surface area contributed by atoms with Crippen LogP contribution in [0.15, 0.2) is 30.6 Å². The Morgan fingerprint density at radius 2 is 2.03 bits per heavy atom. The summed E-state index contributed by atoms with van der Waals surface area (Å²) in [5.74, 6) is 2.24. The van der Waals surface area contributed by atoms with Gasteiger partial charge in [0.05, 0.1) is 19.3 Å². The number of aromatic nitrogens is 2. The number of β-amino-alcohol motifs (C(OH)–C–C–N with tert-alkyl or cyclic N) is 1. The third-order valence-corrected chi connectivity index (χ3v) is 5.00. The van der Waals surface area contributed by atoms with E-state index < -0.39 is 5.60 Å². The van der Waals surface area contributed by atoms with E-state index >= 15 is 0 Å². The second-order valence-corrected chi connectivity index (χ2v) is 7.34. The lowest BCUT2D eigenvalue weighted by atomic mass is 10.0. The molecule has 0 saturated carbocycles. The number of nitrogens with one attached hydrogen (secondary N) is 1. The van der Waals surface area contributed by atoms with Crippen LogP contribution < -0.4 is 19.7 Å². The van der Waals surface area contributed by atoms with Gasteiger partial charge in [-0.05, 0) is 31.0 Å². The third kappa shape index (κ3) is 5.79. The van der Waals surface area contributed by atoms with Crippen molar-refractivity contribution < 1.29 is 19.3 Å². The first kappa shape index (κ1) is 21.3. The van der Waals surface area contributed by atoms with Crippen molar-refractivity contribution in [2.75, 3.05) is 52.0 Å². The first-order valence-electron chi connectivity index (χ1n) is 9.78. The van der Waals surface area contributed by atoms with Crippen LogP contribution in [0.1, 0.15) is 17.7 Å². The minimum atomic E-state index is -0.789. The zero-order chi connectivity index (χ0) is 20.7. The highest BCUT2D eigenvalue weighted by Crippen LogP contribution is 2.28. The Morgan fingerprint density at radius 3 is 2.79 bits per heavy atom. The highest BCUT2D eigenvalue weighted by Gasteiger charge is 2.36. The van der Waals surface area contributed by atoms with Gasteiger partial charge in [0.15, 0.2) is 11.5 Å². The normalized spacial score (nSPS) is 18.8. The smallest absolute Gasteiger partial charge is 0.161 e. The molecule has 0 amide bonds. The lowest BCUT2D eigenvalue weighted by Gasteiger charge is -2.24. The van der Waals surface area contributed by atoms with Gasteiger partial charge in [0.25, 0.3) is 0 Å². The van der Waals surface area contributed by atoms with Gasteiger partial charge in [0, 0.05) is 45.0 Å². The fourth-order valence-electron chi connectivity index (χ4n) is 3.43. The predicted octanol–water partition coefficient (Wildman–Crippen LogP) is 1.55. The van der Waals surface area contributed by atoms with Gasteiger partial charge in [-0.3, -0.25) is 0 Å². The van der Waals surface area contributed by atoms with E-state index in [1.807, 2.05) is 31.2 Å². The summed E-state index contributed by atoms with van der Waals surface area (Å²) in [5.41, 5.74) is 1.19. The van der Waals surface area contributed by atoms with Crippen molar-refractivity contribution in [3.05, 3.63) is 41.9 Å². The molecule has 0 radical (unpaired) electrons. The van der Waals surface area contributed by atoms with E-state index in [0.717, 1.165) is 23.6 Å². The van der Waals surface area contributed by atoms with Gasteiger partial charge < -0.3 is 29.5 Å². The molecular formula is C21H30N4O4. The van der Waals surface area contributed by atoms with E-state index in [1.54, 1.807) is 20.5 Å². The molecule has 8 heteroatoms. The van der Waals surface area contributed by atoms with Crippen LogP contribution in [0.3, 0.4) is 0 Å². The van der Waals surface area contributed by atoms with E-state index in [1.165, 1.54) is 0 Å². The minimum Gasteiger partial charge on any atom is -0.493 e. The molecule has 1 atom stereocenters. The molecule has 0 spiro atoms. The molecule has 1 aliphatic heterocycles. The van der Waals surface area contributed by atoms with Crippen LogP contribution >= 0.6 is 0 Å². The van der Waals surface area contributed by atoms with E-state index in [9.17, 15) is 5.11 Å². The first-order valence-corrected chi connectivity index (χ1v) is 9.78. The summed E-state index contributed by atoms with van der Waals surface area (Å²) in [7, 11) is 3.26. The van der Waals surface area contributed by atoms with Crippen molar-refractivity contribution in [2.45, 2.75) is 25.5 Å². The number of aliphatic hydroxyl groups is 1. The fraction of sp³-hybridized carbons (Fsp3) is 0.524. The van der Waals surface area contributed by atoms with Crippen LogP contribution in [0.5, 0.6) is 11.5 Å². The number of anilines is 1. The lowest BCUT2D eigenvalue weighted by Crippen LogP contribution is -2.43. The molecule has 0 bridgehead atoms. The molecule has 1 saturated heterocycles. The van der Waals surface area contributed by atoms with Crippen molar-refractivity contribution in [3.8, 4) is 11.5 Å². The molecule has 1 aromatic carbocycles. The molecule has 2 aromatic rings. The number of hydrogen-bond donors (Lipinski definition) is 2. The Morgan fingerprint density at radius 1 is 1.17 bits per heavy atom. The van der Waals surface area contributed by atoms with Gasteiger partial charge in [0.2, 0.25) is 0 Å². The molecule has 1 aliphatic rings. The number of rotatable bonds is 10. The standard InChI is InChI=1S/C21H30N4O4/c1-16-10-20(24-15-23-16)25-7-6-21(26,14-25)13-22-12-17-4-5-18(28-3)19(11-17)29-9-8-27-2/h4-5,10-11,15,22,26H,6-9,12-14H2,1-3H3/t21-/m1/s1. The van der Waals surface area contributed by atoms with Crippen LogP contribution in [0.2, 0.25) is 0 Å². The van der Waals surface area contributed by atoms with E-state index in [4.69, 9.17) is 14.2 Å². The Balaban J connectivity index is 1.53. The van der Waals surface area contributed by atoms with E-state index in [2.05, 4.69) is 20.2 Å². The zero-order valence-electron chi connectivity index (χ0n) is 17.4. The van der Waals surface area contributed by atoms with Crippen LogP contribution in [0.4, 0.5) is 5.82 Å². The van der Waals surface area contributed by atoms with Crippen LogP contribution in [-0.4, -0.2) is 67.7 Å². The maximum absolute atomic E-state index is 10.9. The predicted molar refractivity (Wildman–Crippen MR) is 111 cm³/mol. The number of hydrogen-bond acceptors (Lipinski definition) is 8. The monoisotopic (exact) mass is 402 g/mol. The maximum atomic E-state index is 10.9. The molecule has 1 aromatic heterocycles. The van der Waals surface area contributed by atoms with Crippen LogP contribution in [-0.2, 0) is 11.3 Å². The average Bonchev–Trinajstić information content (AvgIpc) is 3.11. The van der Waals surface area contributed by atoms with Crippen molar-refractivity contribution in [1.82, 2.24) is 15.3 Å². The third-order valence-electron chi connectivity index (χ3n) is 5.00. The Labute approximate surface area is 171 Å². The summed E-state index contributed by atoms with van der Waals surface area (Å²) in [6, 6.07) is 7.78. The van der Waals surface area contributed by atoms with Crippen molar-refractivity contribution in [1.29, 1.82) is 0 Å². The number of methoxy groups -OCH3 is 2. The maximum Gasteiger partial charge on any atom is 0.161 e. The molecule has 8 nitrogen and oxygen atoms in total. The number of benzene rings is 1. The Bertz CT molecular complexity index is 804. The second-order valence-electron chi connectivity index (χ2n) is 7.34. The SMILES string of the molecule is COCCOc1cc(CNC[C@]2(O)CCN(c3cc(C)ncn3)C2)ccc1OC. The molecule has 0 unspecified atom stereocenters. The van der Waals surface area contributed by atoms with Crippen LogP contribution in [0, 0.1) is 6.92 Å². The summed E-state index contributed by atoms with van der Waals surface area (Å²) in [6.07, 6.45) is 2.26. The quantitative estimate of drug-likeness (QED) is 0.579. The topological polar surface area (TPSA) is 89.0 Å². The summed E-state index contributed by atoms with van der Waals surface area (Å²) in [4.78, 5) is 10.6. The van der Waals surface area contributed by atoms with Gasteiger partial charge in [-0.25, -0.2) is 9.97 Å². The molecule has 2 heterocycles. The average molecular weight is 402 g/mol. The summed E-state index contributed by atoms with van der Waals surface area (Å²) in [5, 5.41) is 14.3. The van der Waals surface area contributed by atoms with Gasteiger partial charge in [0.1, 0.15) is 18.8 Å². The first-order chi connectivity index (χ1) is 14.0. The number of ether oxygens (including phenoxy) is 3. The summed E-state index contributed by atoms with van der Waals surface area (Å²) in [6.45, 7) is 5.36. The highest BCUT2D eigenvalue weighted by atomic mass is 16.5. The largest absolute Gasteiger partial charge is 0.493 e. The minimum absolute atomic E-state index is 0.460. The molecule has 0 aliphatic carbocycles. The fourth-order valence-corrected chi connectivity index (χ4v) is 3.43. The second kappa shape index (κ2) is 9.87. The van der Waals surface area contributed by atoms with E-state index in [-0.39, 0.29) is 0 Å². The highest BCUT2D eigenvalue weighted by molar-refractivity contribution is 5.43. The van der Waals surface area contributed by atoms with Gasteiger partial charge in [-0.15, -0.1) is 0 Å². The molecule has 2 N–H and O–H groups in total.